The van der Waals surface area contributed by atoms with Crippen molar-refractivity contribution in [2.24, 2.45) is 11.5 Å². The molecule has 31 heavy (non-hydrogen) atoms. The predicted octanol–water partition coefficient (Wildman–Crippen LogP) is 2.97. The SMILES string of the molecule is Cc1nc(C2=C(N)CN(C(=O)c3ccc(F)cc3O[C@H]3CC[C@H](N)C3)C2)nc(C)c1Cl. The standard InChI is InChI=1S/C22H25ClFN5O2/c1-11-20(23)12(2)28-21(27-11)17-9-29(10-18(17)26)22(30)16-6-3-13(24)7-19(16)31-15-5-4-14(25)8-15/h3,6-7,14-15H,4-5,8-10,25-26H2,1-2H3/t14-,15-/m0/s1. The molecule has 164 valence electrons. The maximum absolute atomic E-state index is 13.9. The number of aryl methyl sites for hydroxylation is 2. The molecule has 2 heterocycles. The Morgan fingerprint density at radius 2 is 1.94 bits per heavy atom. The zero-order valence-corrected chi connectivity index (χ0v) is 18.2. The van der Waals surface area contributed by atoms with Crippen LogP contribution in [0.5, 0.6) is 5.75 Å². The first-order chi connectivity index (χ1) is 14.7. The predicted molar refractivity (Wildman–Crippen MR) is 116 cm³/mol. The minimum Gasteiger partial charge on any atom is -0.489 e. The Bertz CT molecular complexity index is 1050. The topological polar surface area (TPSA) is 107 Å². The molecule has 4 rings (SSSR count). The van der Waals surface area contributed by atoms with Crippen LogP contribution in [0.3, 0.4) is 0 Å². The van der Waals surface area contributed by atoms with Crippen molar-refractivity contribution >= 4 is 23.1 Å². The van der Waals surface area contributed by atoms with Crippen LogP contribution in [0, 0.1) is 19.7 Å². The van der Waals surface area contributed by atoms with Crippen LogP contribution in [0.2, 0.25) is 5.02 Å². The van der Waals surface area contributed by atoms with Crippen molar-refractivity contribution in [3.05, 3.63) is 57.5 Å². The first-order valence-electron chi connectivity index (χ1n) is 10.2. The summed E-state index contributed by atoms with van der Waals surface area (Å²) in [5.74, 6) is -0.0694. The highest BCUT2D eigenvalue weighted by molar-refractivity contribution is 6.31. The van der Waals surface area contributed by atoms with Crippen molar-refractivity contribution in [3.63, 3.8) is 0 Å². The van der Waals surface area contributed by atoms with Gasteiger partial charge >= 0.3 is 0 Å². The number of rotatable bonds is 4. The zero-order valence-electron chi connectivity index (χ0n) is 17.5. The number of amides is 1. The Morgan fingerprint density at radius 1 is 1.23 bits per heavy atom. The second-order valence-corrected chi connectivity index (χ2v) is 8.53. The molecule has 4 N–H and O–H groups in total. The molecule has 7 nitrogen and oxygen atoms in total. The molecule has 1 aromatic carbocycles. The molecule has 1 aliphatic carbocycles. The summed E-state index contributed by atoms with van der Waals surface area (Å²) in [6, 6.07) is 4.01. The number of carbonyl (C=O) groups is 1. The first-order valence-corrected chi connectivity index (χ1v) is 10.6. The number of nitrogens with zero attached hydrogens (tertiary/aromatic N) is 3. The molecule has 1 saturated carbocycles. The summed E-state index contributed by atoms with van der Waals surface area (Å²) in [4.78, 5) is 23.7. The summed E-state index contributed by atoms with van der Waals surface area (Å²) in [5, 5.41) is 0.508. The molecular formula is C22H25ClFN5O2. The van der Waals surface area contributed by atoms with Crippen LogP contribution < -0.4 is 16.2 Å². The van der Waals surface area contributed by atoms with E-state index in [2.05, 4.69) is 9.97 Å². The van der Waals surface area contributed by atoms with E-state index in [1.165, 1.54) is 18.2 Å². The number of hydrogen-bond acceptors (Lipinski definition) is 6. The van der Waals surface area contributed by atoms with Crippen LogP contribution >= 0.6 is 11.6 Å². The Kier molecular flexibility index (Phi) is 5.85. The average Bonchev–Trinajstić information content (AvgIpc) is 3.30. The summed E-state index contributed by atoms with van der Waals surface area (Å²) >= 11 is 6.17. The van der Waals surface area contributed by atoms with Gasteiger partial charge in [0, 0.05) is 23.4 Å². The maximum atomic E-state index is 13.9. The van der Waals surface area contributed by atoms with Crippen molar-refractivity contribution in [1.29, 1.82) is 0 Å². The van der Waals surface area contributed by atoms with Crippen LogP contribution in [-0.4, -0.2) is 46.0 Å². The number of ether oxygens (including phenoxy) is 1. The van der Waals surface area contributed by atoms with Crippen molar-refractivity contribution in [3.8, 4) is 5.75 Å². The second-order valence-electron chi connectivity index (χ2n) is 8.15. The van der Waals surface area contributed by atoms with Crippen LogP contribution in [0.25, 0.3) is 5.57 Å². The smallest absolute Gasteiger partial charge is 0.258 e. The summed E-state index contributed by atoms with van der Waals surface area (Å²) in [7, 11) is 0. The lowest BCUT2D eigenvalue weighted by molar-refractivity contribution is 0.0791. The Balaban J connectivity index is 1.56. The highest BCUT2D eigenvalue weighted by atomic mass is 35.5. The fourth-order valence-corrected chi connectivity index (χ4v) is 4.13. The van der Waals surface area contributed by atoms with Gasteiger partial charge in [-0.1, -0.05) is 11.6 Å². The van der Waals surface area contributed by atoms with E-state index in [4.69, 9.17) is 27.8 Å². The van der Waals surface area contributed by atoms with Crippen molar-refractivity contribution in [1.82, 2.24) is 14.9 Å². The number of aromatic nitrogens is 2. The van der Waals surface area contributed by atoms with Gasteiger partial charge in [-0.3, -0.25) is 4.79 Å². The highest BCUT2D eigenvalue weighted by Gasteiger charge is 2.31. The number of hydrogen-bond donors (Lipinski definition) is 2. The number of halogens is 2. The lowest BCUT2D eigenvalue weighted by Crippen LogP contribution is -2.31. The first kappa shape index (κ1) is 21.5. The molecule has 0 spiro atoms. The summed E-state index contributed by atoms with van der Waals surface area (Å²) in [6.07, 6.45) is 2.17. The Morgan fingerprint density at radius 3 is 2.58 bits per heavy atom. The molecule has 0 saturated heterocycles. The molecule has 0 bridgehead atoms. The minimum atomic E-state index is -0.464. The van der Waals surface area contributed by atoms with Crippen molar-refractivity contribution in [2.75, 3.05) is 13.1 Å². The maximum Gasteiger partial charge on any atom is 0.258 e. The Labute approximate surface area is 185 Å². The highest BCUT2D eigenvalue weighted by Crippen LogP contribution is 2.31. The van der Waals surface area contributed by atoms with E-state index in [0.29, 0.717) is 45.5 Å². The number of nitrogens with two attached hydrogens (primary N) is 2. The molecule has 0 unspecified atom stereocenters. The lowest BCUT2D eigenvalue weighted by Gasteiger charge is -2.21. The average molecular weight is 446 g/mol. The molecule has 1 aliphatic heterocycles. The van der Waals surface area contributed by atoms with Crippen LogP contribution in [0.1, 0.15) is 46.8 Å². The van der Waals surface area contributed by atoms with Gasteiger partial charge in [-0.05, 0) is 45.2 Å². The molecule has 2 aliphatic rings. The van der Waals surface area contributed by atoms with Crippen molar-refractivity contribution in [2.45, 2.75) is 45.3 Å². The van der Waals surface area contributed by atoms with E-state index in [0.717, 1.165) is 12.8 Å². The van der Waals surface area contributed by atoms with Gasteiger partial charge in [0.1, 0.15) is 17.7 Å². The fourth-order valence-electron chi connectivity index (χ4n) is 4.05. The normalized spacial score (nSPS) is 21.1. The number of benzene rings is 1. The largest absolute Gasteiger partial charge is 0.489 e. The molecule has 1 amide bonds. The molecule has 1 aromatic heterocycles. The van der Waals surface area contributed by atoms with Gasteiger partial charge in [0.2, 0.25) is 0 Å². The zero-order chi connectivity index (χ0) is 22.3. The third-order valence-electron chi connectivity index (χ3n) is 5.73. The monoisotopic (exact) mass is 445 g/mol. The van der Waals surface area contributed by atoms with Crippen LogP contribution in [0.4, 0.5) is 4.39 Å². The molecule has 9 heteroatoms. The minimum absolute atomic E-state index is 0.0640. The summed E-state index contributed by atoms with van der Waals surface area (Å²) in [5.41, 5.74) is 15.0. The van der Waals surface area contributed by atoms with E-state index >= 15 is 0 Å². The fraction of sp³-hybridized carbons (Fsp3) is 0.409. The van der Waals surface area contributed by atoms with Gasteiger partial charge in [0.05, 0.1) is 35.1 Å². The Hall–Kier alpha value is -2.71. The van der Waals surface area contributed by atoms with E-state index in [-0.39, 0.29) is 36.9 Å². The van der Waals surface area contributed by atoms with E-state index in [1.807, 2.05) is 0 Å². The lowest BCUT2D eigenvalue weighted by atomic mass is 10.1. The van der Waals surface area contributed by atoms with E-state index < -0.39 is 5.82 Å². The van der Waals surface area contributed by atoms with Crippen molar-refractivity contribution < 1.29 is 13.9 Å². The second kappa shape index (κ2) is 8.43. The quantitative estimate of drug-likeness (QED) is 0.749. The molecule has 2 atom stereocenters. The third kappa shape index (κ3) is 4.36. The third-order valence-corrected chi connectivity index (χ3v) is 6.28. The van der Waals surface area contributed by atoms with Gasteiger partial charge in [-0.25, -0.2) is 14.4 Å². The van der Waals surface area contributed by atoms with Gasteiger partial charge in [0.15, 0.2) is 5.82 Å². The number of carbonyl (C=O) groups excluding carboxylic acids is 1. The van der Waals surface area contributed by atoms with Gasteiger partial charge in [0.25, 0.3) is 5.91 Å². The van der Waals surface area contributed by atoms with Gasteiger partial charge < -0.3 is 21.1 Å². The summed E-state index contributed by atoms with van der Waals surface area (Å²) in [6.45, 7) is 4.07. The molecule has 1 fully saturated rings. The summed E-state index contributed by atoms with van der Waals surface area (Å²) < 4.78 is 19.9. The molecular weight excluding hydrogens is 421 g/mol. The molecule has 0 radical (unpaired) electrons. The van der Waals surface area contributed by atoms with Crippen LogP contribution in [0.15, 0.2) is 23.9 Å². The molecule has 2 aromatic rings. The van der Waals surface area contributed by atoms with Gasteiger partial charge in [-0.15, -0.1) is 0 Å². The van der Waals surface area contributed by atoms with E-state index in [1.54, 1.807) is 18.7 Å². The van der Waals surface area contributed by atoms with Crippen LogP contribution in [-0.2, 0) is 0 Å². The van der Waals surface area contributed by atoms with Gasteiger partial charge in [-0.2, -0.15) is 0 Å². The van der Waals surface area contributed by atoms with E-state index in [9.17, 15) is 9.18 Å².